The number of hydrogen-bond donors (Lipinski definition) is 5. The highest BCUT2D eigenvalue weighted by atomic mass is 127. The number of carbonyl (C=O) groups is 1. The number of aliphatic hydroxyl groups is 5. The molecule has 0 rings (SSSR count). The van der Waals surface area contributed by atoms with Crippen molar-refractivity contribution in [3.63, 3.8) is 0 Å². The first-order valence-corrected chi connectivity index (χ1v) is 4.52. The van der Waals surface area contributed by atoms with Crippen LogP contribution in [0.2, 0.25) is 0 Å². The number of aliphatic hydroxyl groups excluding tert-OH is 5. The minimum Gasteiger partial charge on any atom is -0.394 e. The molecular formula is C6H11IO6. The van der Waals surface area contributed by atoms with E-state index < -0.39 is 34.8 Å². The number of hydrogen-bond acceptors (Lipinski definition) is 6. The zero-order valence-electron chi connectivity index (χ0n) is 6.54. The van der Waals surface area contributed by atoms with E-state index in [9.17, 15) is 4.79 Å². The fraction of sp³-hybridized carbons (Fsp3) is 0.833. The monoisotopic (exact) mass is 306 g/mol. The average molecular weight is 306 g/mol. The molecule has 0 spiro atoms. The molecule has 0 aliphatic heterocycles. The SMILES string of the molecule is O=C(I)[C@H](O)[C@@H](O)[C@@H](O)[C@H](O)CO. The summed E-state index contributed by atoms with van der Waals surface area (Å²) in [6, 6.07) is 0. The van der Waals surface area contributed by atoms with Crippen LogP contribution in [0.5, 0.6) is 0 Å². The standard InChI is InChI=1S/C6H11IO6/c7-6(13)5(12)4(11)3(10)2(9)1-8/h2-5,8-12H,1H2/t2-,3+,4+,5-/m1/s1. The summed E-state index contributed by atoms with van der Waals surface area (Å²) in [4.78, 5) is 10.5. The van der Waals surface area contributed by atoms with Gasteiger partial charge in [-0.25, -0.2) is 0 Å². The van der Waals surface area contributed by atoms with E-state index in [1.54, 1.807) is 0 Å². The van der Waals surface area contributed by atoms with Crippen molar-refractivity contribution in [2.75, 3.05) is 6.61 Å². The molecule has 0 heterocycles. The molecule has 13 heavy (non-hydrogen) atoms. The topological polar surface area (TPSA) is 118 Å². The quantitative estimate of drug-likeness (QED) is 0.280. The third-order valence-electron chi connectivity index (χ3n) is 1.49. The number of rotatable bonds is 5. The summed E-state index contributed by atoms with van der Waals surface area (Å²) in [5.41, 5.74) is 0. The van der Waals surface area contributed by atoms with E-state index >= 15 is 0 Å². The van der Waals surface area contributed by atoms with Crippen LogP contribution in [0.1, 0.15) is 0 Å². The Kier molecular flexibility index (Phi) is 5.92. The molecule has 0 aromatic carbocycles. The highest BCUT2D eigenvalue weighted by molar-refractivity contribution is 14.1. The molecule has 78 valence electrons. The molecule has 0 saturated carbocycles. The minimum atomic E-state index is -1.80. The van der Waals surface area contributed by atoms with Gasteiger partial charge >= 0.3 is 0 Å². The maximum atomic E-state index is 10.5. The van der Waals surface area contributed by atoms with Crippen LogP contribution in [0.15, 0.2) is 0 Å². The molecule has 5 N–H and O–H groups in total. The molecule has 0 bridgehead atoms. The highest BCUT2D eigenvalue weighted by Gasteiger charge is 2.32. The second-order valence-electron chi connectivity index (χ2n) is 2.48. The molecule has 0 aliphatic carbocycles. The van der Waals surface area contributed by atoms with Gasteiger partial charge in [-0.05, 0) is 0 Å². The van der Waals surface area contributed by atoms with Crippen molar-refractivity contribution < 1.29 is 30.3 Å². The van der Waals surface area contributed by atoms with Gasteiger partial charge in [0.05, 0.1) is 6.61 Å². The zero-order chi connectivity index (χ0) is 10.6. The lowest BCUT2D eigenvalue weighted by Crippen LogP contribution is -2.47. The molecule has 0 unspecified atom stereocenters. The highest BCUT2D eigenvalue weighted by Crippen LogP contribution is 2.08. The van der Waals surface area contributed by atoms with E-state index in [2.05, 4.69) is 0 Å². The van der Waals surface area contributed by atoms with Crippen molar-refractivity contribution in [1.29, 1.82) is 0 Å². The molecule has 0 saturated heterocycles. The second kappa shape index (κ2) is 5.83. The smallest absolute Gasteiger partial charge is 0.223 e. The largest absolute Gasteiger partial charge is 0.394 e. The van der Waals surface area contributed by atoms with Crippen molar-refractivity contribution in [2.45, 2.75) is 24.4 Å². The summed E-state index contributed by atoms with van der Waals surface area (Å²) >= 11 is 1.25. The average Bonchev–Trinajstić information content (AvgIpc) is 2.12. The van der Waals surface area contributed by atoms with Crippen LogP contribution in [0, 0.1) is 0 Å². The summed E-state index contributed by atoms with van der Waals surface area (Å²) in [7, 11) is 0. The van der Waals surface area contributed by atoms with Crippen LogP contribution >= 0.6 is 22.6 Å². The Labute approximate surface area is 88.0 Å². The summed E-state index contributed by atoms with van der Waals surface area (Å²) in [6.07, 6.45) is -6.90. The maximum Gasteiger partial charge on any atom is 0.223 e. The van der Waals surface area contributed by atoms with Gasteiger partial charge in [0.1, 0.15) is 18.3 Å². The molecule has 7 heteroatoms. The summed E-state index contributed by atoms with van der Waals surface area (Å²) in [6.45, 7) is -0.764. The first-order chi connectivity index (χ1) is 5.91. The van der Waals surface area contributed by atoms with E-state index in [0.717, 1.165) is 0 Å². The lowest BCUT2D eigenvalue weighted by molar-refractivity contribution is -0.137. The molecule has 6 nitrogen and oxygen atoms in total. The van der Waals surface area contributed by atoms with Crippen LogP contribution < -0.4 is 0 Å². The molecule has 0 aliphatic rings. The fourth-order valence-corrected chi connectivity index (χ4v) is 1.03. The van der Waals surface area contributed by atoms with Gasteiger partial charge in [-0.15, -0.1) is 0 Å². The van der Waals surface area contributed by atoms with Crippen molar-refractivity contribution >= 4 is 26.4 Å². The lowest BCUT2D eigenvalue weighted by Gasteiger charge is -2.23. The van der Waals surface area contributed by atoms with Crippen LogP contribution in [-0.4, -0.2) is 60.3 Å². The molecule has 0 amide bonds. The van der Waals surface area contributed by atoms with Gasteiger partial charge in [0.2, 0.25) is 3.79 Å². The number of carbonyl (C=O) groups excluding carboxylic acids is 1. The van der Waals surface area contributed by atoms with E-state index in [4.69, 9.17) is 25.5 Å². The number of halogens is 1. The molecule has 4 atom stereocenters. The Bertz CT molecular complexity index is 175. The summed E-state index contributed by atoms with van der Waals surface area (Å²) in [5, 5.41) is 44.3. The van der Waals surface area contributed by atoms with Crippen LogP contribution in [0.3, 0.4) is 0 Å². The van der Waals surface area contributed by atoms with Crippen LogP contribution in [-0.2, 0) is 4.79 Å². The van der Waals surface area contributed by atoms with E-state index in [0.29, 0.717) is 0 Å². The minimum absolute atomic E-state index is 0.755. The van der Waals surface area contributed by atoms with Crippen molar-refractivity contribution in [1.82, 2.24) is 0 Å². The van der Waals surface area contributed by atoms with Crippen molar-refractivity contribution in [2.24, 2.45) is 0 Å². The van der Waals surface area contributed by atoms with E-state index in [1.807, 2.05) is 0 Å². The molecule has 0 radical (unpaired) electrons. The fourth-order valence-electron chi connectivity index (χ4n) is 0.657. The lowest BCUT2D eigenvalue weighted by atomic mass is 10.0. The summed E-state index contributed by atoms with van der Waals surface area (Å²) in [5.74, 6) is 0. The summed E-state index contributed by atoms with van der Waals surface area (Å²) < 4.78 is -0.755. The Morgan fingerprint density at radius 1 is 1.15 bits per heavy atom. The Hall–Kier alpha value is 0.200. The molecule has 0 aromatic heterocycles. The van der Waals surface area contributed by atoms with Gasteiger partial charge in [-0.2, -0.15) is 0 Å². The second-order valence-corrected chi connectivity index (χ2v) is 3.54. The Morgan fingerprint density at radius 3 is 1.92 bits per heavy atom. The van der Waals surface area contributed by atoms with E-state index in [1.165, 1.54) is 22.6 Å². The third-order valence-corrected chi connectivity index (χ3v) is 2.13. The van der Waals surface area contributed by atoms with Gasteiger partial charge < -0.3 is 25.5 Å². The normalized spacial score (nSPS) is 20.5. The Balaban J connectivity index is 4.24. The molecular weight excluding hydrogens is 295 g/mol. The van der Waals surface area contributed by atoms with Crippen molar-refractivity contribution in [3.05, 3.63) is 0 Å². The zero-order valence-corrected chi connectivity index (χ0v) is 8.70. The van der Waals surface area contributed by atoms with Crippen LogP contribution in [0.4, 0.5) is 0 Å². The maximum absolute atomic E-state index is 10.5. The predicted octanol–water partition coefficient (Wildman–Crippen LogP) is -2.62. The van der Waals surface area contributed by atoms with Gasteiger partial charge in [0.15, 0.2) is 6.10 Å². The first-order valence-electron chi connectivity index (χ1n) is 3.44. The molecule has 0 fully saturated rings. The van der Waals surface area contributed by atoms with Gasteiger partial charge in [-0.1, -0.05) is 0 Å². The predicted molar refractivity (Wildman–Crippen MR) is 50.1 cm³/mol. The third kappa shape index (κ3) is 3.83. The first kappa shape index (κ1) is 13.2. The molecule has 0 aromatic rings. The van der Waals surface area contributed by atoms with Gasteiger partial charge in [0, 0.05) is 22.6 Å². The van der Waals surface area contributed by atoms with Gasteiger partial charge in [0.25, 0.3) is 0 Å². The van der Waals surface area contributed by atoms with Gasteiger partial charge in [-0.3, -0.25) is 4.79 Å². The van der Waals surface area contributed by atoms with E-state index in [-0.39, 0.29) is 0 Å². The Morgan fingerprint density at radius 2 is 1.62 bits per heavy atom. The van der Waals surface area contributed by atoms with Crippen LogP contribution in [0.25, 0.3) is 0 Å². The van der Waals surface area contributed by atoms with Crippen molar-refractivity contribution in [3.8, 4) is 0 Å².